The molecule has 0 aliphatic rings. The van der Waals surface area contributed by atoms with Gasteiger partial charge >= 0.3 is 0 Å². The van der Waals surface area contributed by atoms with Gasteiger partial charge in [-0.05, 0) is 6.92 Å². The quantitative estimate of drug-likeness (QED) is 0.708. The summed E-state index contributed by atoms with van der Waals surface area (Å²) in [5.41, 5.74) is 0. The van der Waals surface area contributed by atoms with E-state index < -0.39 is 6.10 Å². The summed E-state index contributed by atoms with van der Waals surface area (Å²) < 4.78 is 9.59. The van der Waals surface area contributed by atoms with Crippen molar-refractivity contribution in [1.29, 1.82) is 0 Å². The van der Waals surface area contributed by atoms with E-state index in [1.165, 1.54) is 0 Å². The summed E-state index contributed by atoms with van der Waals surface area (Å²) in [5.74, 6) is 0.814. The summed E-state index contributed by atoms with van der Waals surface area (Å²) in [5, 5.41) is 12.7. The van der Waals surface area contributed by atoms with Crippen LogP contribution in [0.25, 0.3) is 0 Å². The first-order valence-electron chi connectivity index (χ1n) is 3.73. The lowest BCUT2D eigenvalue weighted by Gasteiger charge is -1.92. The number of nitrogens with zero attached hydrogens (tertiary/aromatic N) is 2. The molecule has 5 heteroatoms. The Hall–Kier alpha value is -0.940. The minimum atomic E-state index is -0.700. The van der Waals surface area contributed by atoms with E-state index in [4.69, 9.17) is 14.4 Å². The normalized spacial score (nSPS) is 13.2. The lowest BCUT2D eigenvalue weighted by molar-refractivity contribution is 0.151. The molecule has 0 radical (unpaired) electrons. The van der Waals surface area contributed by atoms with Crippen LogP contribution in [0.15, 0.2) is 4.52 Å². The first-order valence-corrected chi connectivity index (χ1v) is 3.73. The highest BCUT2D eigenvalue weighted by molar-refractivity contribution is 4.88. The molecule has 0 fully saturated rings. The van der Waals surface area contributed by atoms with Crippen molar-refractivity contribution in [3.05, 3.63) is 11.7 Å². The van der Waals surface area contributed by atoms with Crippen molar-refractivity contribution in [1.82, 2.24) is 10.1 Å². The van der Waals surface area contributed by atoms with Gasteiger partial charge in [-0.15, -0.1) is 0 Å². The van der Waals surface area contributed by atoms with Crippen LogP contribution in [0.1, 0.15) is 24.7 Å². The molecule has 0 aliphatic heterocycles. The molecule has 68 valence electrons. The summed E-state index contributed by atoms with van der Waals surface area (Å²) in [4.78, 5) is 3.94. The van der Waals surface area contributed by atoms with E-state index in [0.29, 0.717) is 18.9 Å². The Labute approximate surface area is 70.3 Å². The van der Waals surface area contributed by atoms with Crippen molar-refractivity contribution in [2.75, 3.05) is 13.7 Å². The molecule has 12 heavy (non-hydrogen) atoms. The van der Waals surface area contributed by atoms with Crippen LogP contribution in [-0.4, -0.2) is 29.0 Å². The predicted molar refractivity (Wildman–Crippen MR) is 40.5 cm³/mol. The molecule has 0 bridgehead atoms. The Morgan fingerprint density at radius 3 is 2.92 bits per heavy atom. The summed E-state index contributed by atoms with van der Waals surface area (Å²) in [6, 6.07) is 0. The van der Waals surface area contributed by atoms with Crippen LogP contribution in [0.2, 0.25) is 0 Å². The van der Waals surface area contributed by atoms with E-state index in [0.717, 1.165) is 0 Å². The molecule has 0 aromatic carbocycles. The highest BCUT2D eigenvalue weighted by Crippen LogP contribution is 2.08. The summed E-state index contributed by atoms with van der Waals surface area (Å²) in [6.07, 6.45) is -0.0963. The maximum Gasteiger partial charge on any atom is 0.255 e. The predicted octanol–water partition coefficient (Wildman–Crippen LogP) is 0.312. The van der Waals surface area contributed by atoms with Crippen LogP contribution in [0.3, 0.4) is 0 Å². The minimum absolute atomic E-state index is 0.251. The van der Waals surface area contributed by atoms with Gasteiger partial charge in [0.1, 0.15) is 6.10 Å². The monoisotopic (exact) mass is 172 g/mol. The average Bonchev–Trinajstić information content (AvgIpc) is 2.48. The van der Waals surface area contributed by atoms with E-state index in [2.05, 4.69) is 10.1 Å². The average molecular weight is 172 g/mol. The van der Waals surface area contributed by atoms with Crippen molar-refractivity contribution in [3.8, 4) is 0 Å². The van der Waals surface area contributed by atoms with Crippen molar-refractivity contribution in [2.45, 2.75) is 19.4 Å². The molecule has 0 unspecified atom stereocenters. The van der Waals surface area contributed by atoms with Gasteiger partial charge in [-0.3, -0.25) is 0 Å². The molecule has 1 N–H and O–H groups in total. The van der Waals surface area contributed by atoms with Crippen molar-refractivity contribution in [2.24, 2.45) is 0 Å². The van der Waals surface area contributed by atoms with Gasteiger partial charge in [-0.1, -0.05) is 5.16 Å². The standard InChI is InChI=1S/C7H12N2O3/c1-5(10)7-8-6(9-12-7)3-4-11-2/h5,10H,3-4H2,1-2H3/t5-/m0/s1. The van der Waals surface area contributed by atoms with Crippen LogP contribution >= 0.6 is 0 Å². The first kappa shape index (κ1) is 9.15. The highest BCUT2D eigenvalue weighted by atomic mass is 16.5. The zero-order valence-electron chi connectivity index (χ0n) is 7.15. The lowest BCUT2D eigenvalue weighted by atomic mass is 10.4. The lowest BCUT2D eigenvalue weighted by Crippen LogP contribution is -1.97. The molecular weight excluding hydrogens is 160 g/mol. The van der Waals surface area contributed by atoms with E-state index in [1.54, 1.807) is 14.0 Å². The molecule has 0 amide bonds. The third-order valence-electron chi connectivity index (χ3n) is 1.37. The molecule has 0 spiro atoms. The Balaban J connectivity index is 2.52. The number of methoxy groups -OCH3 is 1. The van der Waals surface area contributed by atoms with E-state index in [9.17, 15) is 0 Å². The van der Waals surface area contributed by atoms with Crippen molar-refractivity contribution in [3.63, 3.8) is 0 Å². The molecule has 1 rings (SSSR count). The van der Waals surface area contributed by atoms with Gasteiger partial charge in [-0.2, -0.15) is 4.98 Å². The molecule has 1 aromatic heterocycles. The molecule has 0 saturated heterocycles. The van der Waals surface area contributed by atoms with Gasteiger partial charge in [0.15, 0.2) is 5.82 Å². The van der Waals surface area contributed by atoms with Gasteiger partial charge in [0.2, 0.25) is 0 Å². The fraction of sp³-hybridized carbons (Fsp3) is 0.714. The fourth-order valence-electron chi connectivity index (χ4n) is 0.732. The Morgan fingerprint density at radius 1 is 1.67 bits per heavy atom. The van der Waals surface area contributed by atoms with Gasteiger partial charge in [0.25, 0.3) is 5.89 Å². The highest BCUT2D eigenvalue weighted by Gasteiger charge is 2.10. The Morgan fingerprint density at radius 2 is 2.42 bits per heavy atom. The molecule has 0 aliphatic carbocycles. The SMILES string of the molecule is COCCc1noc([C@H](C)O)n1. The smallest absolute Gasteiger partial charge is 0.255 e. The largest absolute Gasteiger partial charge is 0.384 e. The maximum absolute atomic E-state index is 9.03. The van der Waals surface area contributed by atoms with Crippen molar-refractivity contribution >= 4 is 0 Å². The number of rotatable bonds is 4. The minimum Gasteiger partial charge on any atom is -0.384 e. The first-order chi connectivity index (χ1) is 5.74. The van der Waals surface area contributed by atoms with Crippen molar-refractivity contribution < 1.29 is 14.4 Å². The Bertz CT molecular complexity index is 234. The van der Waals surface area contributed by atoms with Crippen LogP contribution in [-0.2, 0) is 11.2 Å². The number of aliphatic hydroxyl groups excluding tert-OH is 1. The number of aromatic nitrogens is 2. The number of hydrogen-bond donors (Lipinski definition) is 1. The molecule has 1 atom stereocenters. The van der Waals surface area contributed by atoms with Gasteiger partial charge in [-0.25, -0.2) is 0 Å². The second kappa shape index (κ2) is 4.18. The second-order valence-corrected chi connectivity index (χ2v) is 2.47. The molecular formula is C7H12N2O3. The summed E-state index contributed by atoms with van der Waals surface area (Å²) >= 11 is 0. The zero-order chi connectivity index (χ0) is 8.97. The number of hydrogen-bond acceptors (Lipinski definition) is 5. The third kappa shape index (κ3) is 2.28. The van der Waals surface area contributed by atoms with E-state index in [1.807, 2.05) is 0 Å². The van der Waals surface area contributed by atoms with Crippen LogP contribution in [0.5, 0.6) is 0 Å². The molecule has 1 heterocycles. The third-order valence-corrected chi connectivity index (χ3v) is 1.37. The van der Waals surface area contributed by atoms with Gasteiger partial charge < -0.3 is 14.4 Å². The van der Waals surface area contributed by atoms with Gasteiger partial charge in [0, 0.05) is 13.5 Å². The maximum atomic E-state index is 9.03. The molecule has 1 aromatic rings. The second-order valence-electron chi connectivity index (χ2n) is 2.47. The van der Waals surface area contributed by atoms with Crippen LogP contribution < -0.4 is 0 Å². The van der Waals surface area contributed by atoms with E-state index >= 15 is 0 Å². The zero-order valence-corrected chi connectivity index (χ0v) is 7.15. The topological polar surface area (TPSA) is 68.4 Å². The van der Waals surface area contributed by atoms with E-state index in [-0.39, 0.29) is 5.89 Å². The fourth-order valence-corrected chi connectivity index (χ4v) is 0.732. The Kier molecular flexibility index (Phi) is 3.19. The van der Waals surface area contributed by atoms with Crippen LogP contribution in [0.4, 0.5) is 0 Å². The molecule has 0 saturated carbocycles. The molecule has 5 nitrogen and oxygen atoms in total. The number of ether oxygens (including phenoxy) is 1. The number of aliphatic hydroxyl groups is 1. The van der Waals surface area contributed by atoms with Crippen LogP contribution in [0, 0.1) is 0 Å². The summed E-state index contributed by atoms with van der Waals surface area (Å²) in [6.45, 7) is 2.13. The summed E-state index contributed by atoms with van der Waals surface area (Å²) in [7, 11) is 1.61. The van der Waals surface area contributed by atoms with Gasteiger partial charge in [0.05, 0.1) is 6.61 Å².